The maximum absolute atomic E-state index is 6.11. The van der Waals surface area contributed by atoms with Gasteiger partial charge in [-0.1, -0.05) is 28.1 Å². The van der Waals surface area contributed by atoms with Crippen LogP contribution in [0.4, 0.5) is 0 Å². The van der Waals surface area contributed by atoms with Gasteiger partial charge in [0.1, 0.15) is 11.7 Å². The van der Waals surface area contributed by atoms with E-state index < -0.39 is 0 Å². The van der Waals surface area contributed by atoms with Gasteiger partial charge in [-0.05, 0) is 30.5 Å². The summed E-state index contributed by atoms with van der Waals surface area (Å²) in [4.78, 5) is 13.8. The van der Waals surface area contributed by atoms with Crippen molar-refractivity contribution in [2.45, 2.75) is 31.2 Å². The highest BCUT2D eigenvalue weighted by molar-refractivity contribution is 9.10. The van der Waals surface area contributed by atoms with Crippen LogP contribution in [0.25, 0.3) is 0 Å². The zero-order chi connectivity index (χ0) is 14.4. The molecule has 0 spiro atoms. The van der Waals surface area contributed by atoms with E-state index in [0.29, 0.717) is 11.8 Å². The molecule has 2 aromatic rings. The van der Waals surface area contributed by atoms with Crippen molar-refractivity contribution in [1.82, 2.24) is 9.97 Å². The number of hydrogen-bond donors (Lipinski definition) is 1. The van der Waals surface area contributed by atoms with Crippen LogP contribution in [0.15, 0.2) is 39.9 Å². The number of nitrogens with two attached hydrogens (primary N) is 1. The first-order chi connectivity index (χ1) is 10.2. The first-order valence-electron chi connectivity index (χ1n) is 7.15. The molecule has 1 aliphatic heterocycles. The quantitative estimate of drug-likeness (QED) is 0.911. The van der Waals surface area contributed by atoms with E-state index in [0.717, 1.165) is 33.5 Å². The Bertz CT molecular complexity index is 737. The lowest BCUT2D eigenvalue weighted by Crippen LogP contribution is -2.25. The minimum absolute atomic E-state index is 0.0388. The Hall–Kier alpha value is -1.75. The average molecular weight is 343 g/mol. The zero-order valence-corrected chi connectivity index (χ0v) is 13.0. The highest BCUT2D eigenvalue weighted by Crippen LogP contribution is 2.38. The van der Waals surface area contributed by atoms with Crippen LogP contribution in [-0.4, -0.2) is 15.8 Å². The van der Waals surface area contributed by atoms with Crippen LogP contribution in [0.5, 0.6) is 0 Å². The Morgan fingerprint density at radius 1 is 1.24 bits per heavy atom. The van der Waals surface area contributed by atoms with Gasteiger partial charge >= 0.3 is 0 Å². The summed E-state index contributed by atoms with van der Waals surface area (Å²) in [7, 11) is 0. The summed E-state index contributed by atoms with van der Waals surface area (Å²) in [6.45, 7) is 0. The van der Waals surface area contributed by atoms with Crippen molar-refractivity contribution in [3.63, 3.8) is 0 Å². The highest BCUT2D eigenvalue weighted by atomic mass is 79.9. The molecular weight excluding hydrogens is 328 g/mol. The minimum Gasteiger partial charge on any atom is -0.383 e. The van der Waals surface area contributed by atoms with Gasteiger partial charge in [0.05, 0.1) is 17.3 Å². The number of amidine groups is 1. The van der Waals surface area contributed by atoms with Gasteiger partial charge in [0, 0.05) is 23.0 Å². The molecule has 2 heterocycles. The van der Waals surface area contributed by atoms with Gasteiger partial charge in [0.15, 0.2) is 0 Å². The summed E-state index contributed by atoms with van der Waals surface area (Å²) in [6, 6.07) is 8.25. The molecule has 1 saturated carbocycles. The Balaban J connectivity index is 1.72. The van der Waals surface area contributed by atoms with Crippen LogP contribution >= 0.6 is 15.9 Å². The number of nitrogens with zero attached hydrogens (tertiary/aromatic N) is 3. The lowest BCUT2D eigenvalue weighted by molar-refractivity contribution is 0.682. The third-order valence-corrected chi connectivity index (χ3v) is 4.51. The average Bonchev–Trinajstić information content (AvgIpc) is 3.31. The molecule has 4 nitrogen and oxygen atoms in total. The van der Waals surface area contributed by atoms with Crippen LogP contribution in [0.3, 0.4) is 0 Å². The molecule has 5 heteroatoms. The van der Waals surface area contributed by atoms with Gasteiger partial charge in [-0.2, -0.15) is 0 Å². The predicted molar refractivity (Wildman–Crippen MR) is 85.3 cm³/mol. The molecular formula is C16H15BrN4. The summed E-state index contributed by atoms with van der Waals surface area (Å²) < 4.78 is 1.06. The van der Waals surface area contributed by atoms with Crippen LogP contribution < -0.4 is 5.73 Å². The maximum Gasteiger partial charge on any atom is 0.131 e. The second kappa shape index (κ2) is 4.91. The van der Waals surface area contributed by atoms with Gasteiger partial charge in [-0.15, -0.1) is 0 Å². The smallest absolute Gasteiger partial charge is 0.131 e. The van der Waals surface area contributed by atoms with Crippen molar-refractivity contribution in [2.75, 3.05) is 0 Å². The molecule has 0 radical (unpaired) electrons. The standard InChI is InChI=1S/C16H15BrN4/c17-11-3-1-2-10(6-11)13-7-14-12(15(18)20-13)8-19-16(21-14)9-4-5-9/h1-3,6,8-9,13H,4-5,7H2,(H2,18,20). The Morgan fingerprint density at radius 2 is 2.10 bits per heavy atom. The third-order valence-electron chi connectivity index (χ3n) is 4.02. The van der Waals surface area contributed by atoms with E-state index in [4.69, 9.17) is 10.7 Å². The summed E-state index contributed by atoms with van der Waals surface area (Å²) in [5.41, 5.74) is 9.20. The fourth-order valence-electron chi connectivity index (χ4n) is 2.71. The first-order valence-corrected chi connectivity index (χ1v) is 7.95. The van der Waals surface area contributed by atoms with Crippen LogP contribution in [0.1, 0.15) is 47.4 Å². The van der Waals surface area contributed by atoms with Crippen molar-refractivity contribution >= 4 is 21.8 Å². The molecule has 21 heavy (non-hydrogen) atoms. The van der Waals surface area contributed by atoms with Crippen molar-refractivity contribution in [3.8, 4) is 0 Å². The molecule has 1 aromatic carbocycles. The first kappa shape index (κ1) is 13.0. The molecule has 1 aromatic heterocycles. The Morgan fingerprint density at radius 3 is 2.86 bits per heavy atom. The van der Waals surface area contributed by atoms with Gasteiger partial charge in [-0.3, -0.25) is 4.99 Å². The van der Waals surface area contributed by atoms with Crippen molar-refractivity contribution < 1.29 is 0 Å². The number of aromatic nitrogens is 2. The van der Waals surface area contributed by atoms with Crippen molar-refractivity contribution in [3.05, 3.63) is 57.6 Å². The molecule has 1 unspecified atom stereocenters. The van der Waals surface area contributed by atoms with Crippen LogP contribution in [-0.2, 0) is 6.42 Å². The van der Waals surface area contributed by atoms with E-state index in [-0.39, 0.29) is 6.04 Å². The molecule has 1 fully saturated rings. The van der Waals surface area contributed by atoms with Crippen LogP contribution in [0, 0.1) is 0 Å². The lowest BCUT2D eigenvalue weighted by atomic mass is 9.97. The maximum atomic E-state index is 6.11. The molecule has 1 aliphatic carbocycles. The molecule has 4 rings (SSSR count). The monoisotopic (exact) mass is 342 g/mol. The van der Waals surface area contributed by atoms with Gasteiger partial charge < -0.3 is 5.73 Å². The summed E-state index contributed by atoms with van der Waals surface area (Å²) in [5, 5.41) is 0. The SMILES string of the molecule is NC1=NC(c2cccc(Br)c2)Cc2nc(C3CC3)ncc21. The third kappa shape index (κ3) is 2.46. The lowest BCUT2D eigenvalue weighted by Gasteiger charge is -2.21. The fraction of sp³-hybridized carbons (Fsp3) is 0.312. The molecule has 0 bridgehead atoms. The van der Waals surface area contributed by atoms with Crippen LogP contribution in [0.2, 0.25) is 0 Å². The van der Waals surface area contributed by atoms with E-state index in [2.05, 4.69) is 38.0 Å². The molecule has 0 saturated heterocycles. The zero-order valence-electron chi connectivity index (χ0n) is 11.5. The van der Waals surface area contributed by atoms with E-state index in [9.17, 15) is 0 Å². The molecule has 1 atom stereocenters. The molecule has 2 aliphatic rings. The highest BCUT2D eigenvalue weighted by Gasteiger charge is 2.29. The molecule has 106 valence electrons. The largest absolute Gasteiger partial charge is 0.383 e. The van der Waals surface area contributed by atoms with E-state index in [1.165, 1.54) is 12.8 Å². The van der Waals surface area contributed by atoms with Gasteiger partial charge in [0.2, 0.25) is 0 Å². The van der Waals surface area contributed by atoms with Gasteiger partial charge in [-0.25, -0.2) is 9.97 Å². The number of benzene rings is 1. The normalized spacial score (nSPS) is 20.8. The molecule has 0 amide bonds. The number of halogens is 1. The topological polar surface area (TPSA) is 64.2 Å². The number of rotatable bonds is 2. The predicted octanol–water partition coefficient (Wildman–Crippen LogP) is 3.12. The minimum atomic E-state index is 0.0388. The Labute approximate surface area is 131 Å². The van der Waals surface area contributed by atoms with E-state index in [1.54, 1.807) is 0 Å². The number of hydrogen-bond acceptors (Lipinski definition) is 4. The summed E-state index contributed by atoms with van der Waals surface area (Å²) in [5.74, 6) is 2.07. The fourth-order valence-corrected chi connectivity index (χ4v) is 3.13. The van der Waals surface area contributed by atoms with Crippen molar-refractivity contribution in [1.29, 1.82) is 0 Å². The second-order valence-electron chi connectivity index (χ2n) is 5.65. The Kier molecular flexibility index (Phi) is 3.03. The van der Waals surface area contributed by atoms with E-state index in [1.807, 2.05) is 18.3 Å². The summed E-state index contributed by atoms with van der Waals surface area (Å²) >= 11 is 3.51. The second-order valence-corrected chi connectivity index (χ2v) is 6.57. The van der Waals surface area contributed by atoms with Crippen molar-refractivity contribution in [2.24, 2.45) is 10.7 Å². The number of aliphatic imine (C=N–C) groups is 1. The number of fused-ring (bicyclic) bond motifs is 1. The van der Waals surface area contributed by atoms with E-state index >= 15 is 0 Å². The molecule has 2 N–H and O–H groups in total. The summed E-state index contributed by atoms with van der Waals surface area (Å²) in [6.07, 6.45) is 5.04. The van der Waals surface area contributed by atoms with Gasteiger partial charge in [0.25, 0.3) is 0 Å².